The maximum Gasteiger partial charge on any atom is 0.409 e. The lowest BCUT2D eigenvalue weighted by Gasteiger charge is -2.50. The van der Waals surface area contributed by atoms with Gasteiger partial charge < -0.3 is 15.0 Å². The van der Waals surface area contributed by atoms with Gasteiger partial charge in [0.05, 0.1) is 7.11 Å². The van der Waals surface area contributed by atoms with Gasteiger partial charge in [0.25, 0.3) is 0 Å². The minimum Gasteiger partial charge on any atom is -0.453 e. The van der Waals surface area contributed by atoms with Gasteiger partial charge in [0.15, 0.2) is 0 Å². The fraction of sp³-hybridized carbons (Fsp3) is 0.933. The molecule has 3 aliphatic rings. The zero-order valence-electron chi connectivity index (χ0n) is 12.0. The lowest BCUT2D eigenvalue weighted by Crippen LogP contribution is -2.57. The number of carbonyl (C=O) groups is 1. The molecule has 3 fully saturated rings. The molecule has 1 atom stereocenters. The summed E-state index contributed by atoms with van der Waals surface area (Å²) in [7, 11) is 1.46. The number of nitrogens with zero attached hydrogens (tertiary/aromatic N) is 1. The molecule has 1 spiro atoms. The summed E-state index contributed by atoms with van der Waals surface area (Å²) >= 11 is 0. The van der Waals surface area contributed by atoms with Gasteiger partial charge >= 0.3 is 6.09 Å². The molecule has 1 aliphatic heterocycles. The quantitative estimate of drug-likeness (QED) is 0.835. The first-order valence-electron chi connectivity index (χ1n) is 7.82. The summed E-state index contributed by atoms with van der Waals surface area (Å²) in [5, 5.41) is 3.89. The third kappa shape index (κ3) is 2.47. The first-order chi connectivity index (χ1) is 9.23. The Morgan fingerprint density at radius 1 is 1.16 bits per heavy atom. The van der Waals surface area contributed by atoms with Crippen molar-refractivity contribution in [3.63, 3.8) is 0 Å². The normalized spacial score (nSPS) is 30.4. The smallest absolute Gasteiger partial charge is 0.409 e. The van der Waals surface area contributed by atoms with Crippen LogP contribution in [0, 0.1) is 5.41 Å². The van der Waals surface area contributed by atoms with Crippen molar-refractivity contribution in [1.82, 2.24) is 10.2 Å². The van der Waals surface area contributed by atoms with Crippen LogP contribution in [0.15, 0.2) is 0 Å². The van der Waals surface area contributed by atoms with E-state index in [1.165, 1.54) is 45.6 Å². The van der Waals surface area contributed by atoms with Gasteiger partial charge in [-0.25, -0.2) is 4.79 Å². The van der Waals surface area contributed by atoms with Crippen LogP contribution >= 0.6 is 0 Å². The van der Waals surface area contributed by atoms with Gasteiger partial charge in [0, 0.05) is 25.2 Å². The average Bonchev–Trinajstić information content (AvgIpc) is 2.95. The lowest BCUT2D eigenvalue weighted by atomic mass is 9.63. The number of hydrogen-bond donors (Lipinski definition) is 1. The van der Waals surface area contributed by atoms with Crippen LogP contribution < -0.4 is 5.32 Å². The minimum absolute atomic E-state index is 0.172. The molecule has 1 N–H and O–H groups in total. The molecule has 0 bridgehead atoms. The van der Waals surface area contributed by atoms with Crippen LogP contribution in [0.5, 0.6) is 0 Å². The highest BCUT2D eigenvalue weighted by atomic mass is 16.5. The van der Waals surface area contributed by atoms with E-state index in [4.69, 9.17) is 4.74 Å². The summed E-state index contributed by atoms with van der Waals surface area (Å²) in [5.41, 5.74) is 0.652. The second-order valence-electron chi connectivity index (χ2n) is 6.56. The number of ether oxygens (including phenoxy) is 1. The second kappa shape index (κ2) is 5.31. The predicted octanol–water partition coefficient (Wildman–Crippen LogP) is 2.53. The third-order valence-electron chi connectivity index (χ3n) is 5.63. The maximum atomic E-state index is 11.5. The Balaban J connectivity index is 1.46. The monoisotopic (exact) mass is 266 g/mol. The molecule has 1 heterocycles. The number of piperidine rings is 1. The van der Waals surface area contributed by atoms with Crippen LogP contribution in [0.1, 0.15) is 51.4 Å². The first-order valence-corrected chi connectivity index (χ1v) is 7.82. The van der Waals surface area contributed by atoms with E-state index in [0.29, 0.717) is 11.5 Å². The Kier molecular flexibility index (Phi) is 3.70. The molecular formula is C15H26N2O2. The van der Waals surface area contributed by atoms with Gasteiger partial charge in [-0.2, -0.15) is 0 Å². The highest BCUT2D eigenvalue weighted by Gasteiger charge is 2.48. The summed E-state index contributed by atoms with van der Waals surface area (Å²) in [6, 6.07) is 1.35. The minimum atomic E-state index is -0.172. The van der Waals surface area contributed by atoms with Crippen LogP contribution in [-0.2, 0) is 4.74 Å². The van der Waals surface area contributed by atoms with Crippen molar-refractivity contribution in [2.45, 2.75) is 63.5 Å². The molecule has 108 valence electrons. The molecule has 19 heavy (non-hydrogen) atoms. The van der Waals surface area contributed by atoms with Gasteiger partial charge in [-0.3, -0.25) is 0 Å². The molecule has 0 aromatic rings. The molecular weight excluding hydrogens is 240 g/mol. The molecule has 4 heteroatoms. The number of likely N-dealkylation sites (tertiary alicyclic amines) is 1. The molecule has 0 radical (unpaired) electrons. The van der Waals surface area contributed by atoms with E-state index < -0.39 is 0 Å². The fourth-order valence-corrected chi connectivity index (χ4v) is 4.28. The van der Waals surface area contributed by atoms with Gasteiger partial charge in [-0.15, -0.1) is 0 Å². The van der Waals surface area contributed by atoms with Crippen LogP contribution in [0.2, 0.25) is 0 Å². The topological polar surface area (TPSA) is 41.6 Å². The number of methoxy groups -OCH3 is 1. The highest BCUT2D eigenvalue weighted by molar-refractivity contribution is 5.67. The van der Waals surface area contributed by atoms with Crippen molar-refractivity contribution in [3.05, 3.63) is 0 Å². The van der Waals surface area contributed by atoms with E-state index in [1.54, 1.807) is 0 Å². The van der Waals surface area contributed by atoms with Crippen molar-refractivity contribution in [1.29, 1.82) is 0 Å². The van der Waals surface area contributed by atoms with Crippen molar-refractivity contribution in [3.8, 4) is 0 Å². The van der Waals surface area contributed by atoms with Crippen LogP contribution in [0.25, 0.3) is 0 Å². The Morgan fingerprint density at radius 3 is 2.37 bits per heavy atom. The summed E-state index contributed by atoms with van der Waals surface area (Å²) < 4.78 is 4.78. The van der Waals surface area contributed by atoms with Gasteiger partial charge in [-0.1, -0.05) is 12.8 Å². The van der Waals surface area contributed by atoms with Crippen molar-refractivity contribution in [2.24, 2.45) is 5.41 Å². The number of amides is 1. The van der Waals surface area contributed by atoms with Crippen molar-refractivity contribution >= 4 is 6.09 Å². The van der Waals surface area contributed by atoms with E-state index in [-0.39, 0.29) is 6.09 Å². The summed E-state index contributed by atoms with van der Waals surface area (Å²) in [5.74, 6) is 0. The molecule has 4 nitrogen and oxygen atoms in total. The number of rotatable bonds is 2. The zero-order valence-corrected chi connectivity index (χ0v) is 12.0. The zero-order chi connectivity index (χ0) is 13.3. The molecule has 0 aromatic carbocycles. The Labute approximate surface area is 115 Å². The largest absolute Gasteiger partial charge is 0.453 e. The lowest BCUT2D eigenvalue weighted by molar-refractivity contribution is 0.0518. The molecule has 3 rings (SSSR count). The number of carbonyl (C=O) groups excluding carboxylic acids is 1. The fourth-order valence-electron chi connectivity index (χ4n) is 4.28. The van der Waals surface area contributed by atoms with Crippen molar-refractivity contribution < 1.29 is 9.53 Å². The Hall–Kier alpha value is -0.770. The van der Waals surface area contributed by atoms with Crippen LogP contribution in [0.3, 0.4) is 0 Å². The predicted molar refractivity (Wildman–Crippen MR) is 74.1 cm³/mol. The van der Waals surface area contributed by atoms with E-state index >= 15 is 0 Å². The molecule has 1 amide bonds. The third-order valence-corrected chi connectivity index (χ3v) is 5.63. The van der Waals surface area contributed by atoms with Gasteiger partial charge in [-0.05, 0) is 43.9 Å². The average molecular weight is 266 g/mol. The van der Waals surface area contributed by atoms with E-state index in [9.17, 15) is 4.79 Å². The first kappa shape index (κ1) is 13.2. The highest BCUT2D eigenvalue weighted by Crippen LogP contribution is 2.53. The maximum absolute atomic E-state index is 11.5. The number of hydrogen-bond acceptors (Lipinski definition) is 3. The van der Waals surface area contributed by atoms with E-state index in [1.807, 2.05) is 4.90 Å². The molecule has 2 saturated carbocycles. The SMILES string of the molecule is COC(=O)N1CCC(N[C@H]2CCC23CCCC3)CC1. The standard InChI is InChI=1S/C15H26N2O2/c1-19-14(18)17-10-5-12(6-11-17)16-13-4-9-15(13)7-2-3-8-15/h12-13,16H,2-11H2,1H3/t13-/m0/s1. The number of nitrogens with one attached hydrogen (secondary N) is 1. The Bertz CT molecular complexity index is 331. The van der Waals surface area contributed by atoms with Crippen molar-refractivity contribution in [2.75, 3.05) is 20.2 Å². The van der Waals surface area contributed by atoms with Crippen LogP contribution in [-0.4, -0.2) is 43.3 Å². The van der Waals surface area contributed by atoms with E-state index in [2.05, 4.69) is 5.32 Å². The Morgan fingerprint density at radius 2 is 1.84 bits per heavy atom. The van der Waals surface area contributed by atoms with E-state index in [0.717, 1.165) is 32.0 Å². The second-order valence-corrected chi connectivity index (χ2v) is 6.56. The summed E-state index contributed by atoms with van der Waals surface area (Å²) in [6.07, 6.45) is 10.5. The molecule has 0 aromatic heterocycles. The van der Waals surface area contributed by atoms with Crippen LogP contribution in [0.4, 0.5) is 4.79 Å². The molecule has 0 unspecified atom stereocenters. The summed E-state index contributed by atoms with van der Waals surface area (Å²) in [4.78, 5) is 13.3. The van der Waals surface area contributed by atoms with Gasteiger partial charge in [0.2, 0.25) is 0 Å². The molecule has 2 aliphatic carbocycles. The summed E-state index contributed by atoms with van der Waals surface area (Å²) in [6.45, 7) is 1.67. The molecule has 1 saturated heterocycles. The van der Waals surface area contributed by atoms with Gasteiger partial charge in [0.1, 0.15) is 0 Å².